The molecule has 0 amide bonds. The van der Waals surface area contributed by atoms with Crippen LogP contribution in [0.1, 0.15) is 12.5 Å². The topological polar surface area (TPSA) is 42.4 Å². The summed E-state index contributed by atoms with van der Waals surface area (Å²) in [5.41, 5.74) is 0.953. The minimum absolute atomic E-state index is 0.152. The first kappa shape index (κ1) is 13.9. The van der Waals surface area contributed by atoms with Crippen molar-refractivity contribution >= 4 is 17.6 Å². The standard InChI is InChI=1S/C12H17ClN2O2/c1-9(12(16)17-3)7-15(2)8-10-5-4-6-14-11(10)13/h4-6,9H,7-8H2,1-3H3. The van der Waals surface area contributed by atoms with Gasteiger partial charge in [0.2, 0.25) is 0 Å². The summed E-state index contributed by atoms with van der Waals surface area (Å²) in [6.07, 6.45) is 1.66. The molecule has 5 heteroatoms. The molecule has 1 unspecified atom stereocenters. The van der Waals surface area contributed by atoms with Gasteiger partial charge in [-0.1, -0.05) is 24.6 Å². The lowest BCUT2D eigenvalue weighted by molar-refractivity contribution is -0.145. The zero-order valence-corrected chi connectivity index (χ0v) is 11.1. The second kappa shape index (κ2) is 6.57. The van der Waals surface area contributed by atoms with Gasteiger partial charge in [0.15, 0.2) is 0 Å². The Bertz CT molecular complexity index is 385. The SMILES string of the molecule is COC(=O)C(C)CN(C)Cc1cccnc1Cl. The second-order valence-electron chi connectivity index (χ2n) is 4.07. The fourth-order valence-electron chi connectivity index (χ4n) is 1.64. The minimum atomic E-state index is -0.200. The number of hydrogen-bond acceptors (Lipinski definition) is 4. The molecule has 0 aliphatic carbocycles. The molecule has 17 heavy (non-hydrogen) atoms. The normalized spacial score (nSPS) is 12.5. The highest BCUT2D eigenvalue weighted by Crippen LogP contribution is 2.14. The predicted molar refractivity (Wildman–Crippen MR) is 66.8 cm³/mol. The first-order chi connectivity index (χ1) is 8.04. The number of ether oxygens (including phenoxy) is 1. The smallest absolute Gasteiger partial charge is 0.309 e. The van der Waals surface area contributed by atoms with Crippen molar-refractivity contribution in [2.75, 3.05) is 20.7 Å². The van der Waals surface area contributed by atoms with E-state index in [-0.39, 0.29) is 11.9 Å². The van der Waals surface area contributed by atoms with E-state index in [1.165, 1.54) is 7.11 Å². The Balaban J connectivity index is 2.53. The molecule has 1 atom stereocenters. The molecule has 0 N–H and O–H groups in total. The lowest BCUT2D eigenvalue weighted by Crippen LogP contribution is -2.29. The Hall–Kier alpha value is -1.13. The van der Waals surface area contributed by atoms with Crippen LogP contribution in [-0.4, -0.2) is 36.6 Å². The highest BCUT2D eigenvalue weighted by Gasteiger charge is 2.16. The van der Waals surface area contributed by atoms with Gasteiger partial charge in [0, 0.05) is 24.8 Å². The third kappa shape index (κ3) is 4.32. The van der Waals surface area contributed by atoms with Crippen molar-refractivity contribution < 1.29 is 9.53 Å². The van der Waals surface area contributed by atoms with E-state index in [4.69, 9.17) is 11.6 Å². The summed E-state index contributed by atoms with van der Waals surface area (Å²) in [5, 5.41) is 0.505. The van der Waals surface area contributed by atoms with E-state index in [0.29, 0.717) is 18.2 Å². The Labute approximate surface area is 107 Å². The summed E-state index contributed by atoms with van der Waals surface area (Å²) in [4.78, 5) is 17.3. The van der Waals surface area contributed by atoms with Crippen molar-refractivity contribution in [2.45, 2.75) is 13.5 Å². The summed E-state index contributed by atoms with van der Waals surface area (Å²) in [6, 6.07) is 3.77. The zero-order chi connectivity index (χ0) is 12.8. The van der Waals surface area contributed by atoms with Crippen molar-refractivity contribution in [1.29, 1.82) is 0 Å². The zero-order valence-electron chi connectivity index (χ0n) is 10.3. The number of halogens is 1. The van der Waals surface area contributed by atoms with E-state index in [9.17, 15) is 4.79 Å². The van der Waals surface area contributed by atoms with Crippen LogP contribution in [0.4, 0.5) is 0 Å². The van der Waals surface area contributed by atoms with Gasteiger partial charge < -0.3 is 9.64 Å². The average molecular weight is 257 g/mol. The summed E-state index contributed by atoms with van der Waals surface area (Å²) in [5.74, 6) is -0.352. The van der Waals surface area contributed by atoms with Crippen LogP contribution in [0.15, 0.2) is 18.3 Å². The number of pyridine rings is 1. The van der Waals surface area contributed by atoms with Gasteiger partial charge in [0.05, 0.1) is 13.0 Å². The van der Waals surface area contributed by atoms with Gasteiger partial charge in [-0.2, -0.15) is 0 Å². The lowest BCUT2D eigenvalue weighted by Gasteiger charge is -2.20. The van der Waals surface area contributed by atoms with E-state index >= 15 is 0 Å². The van der Waals surface area contributed by atoms with Crippen LogP contribution in [0.2, 0.25) is 5.15 Å². The molecule has 1 rings (SSSR count). The third-order valence-corrected chi connectivity index (χ3v) is 2.81. The molecule has 0 aromatic carbocycles. The fourth-order valence-corrected chi connectivity index (χ4v) is 1.81. The highest BCUT2D eigenvalue weighted by molar-refractivity contribution is 6.30. The van der Waals surface area contributed by atoms with Crippen molar-refractivity contribution in [3.63, 3.8) is 0 Å². The monoisotopic (exact) mass is 256 g/mol. The minimum Gasteiger partial charge on any atom is -0.469 e. The molecule has 1 aromatic rings. The maximum atomic E-state index is 11.3. The van der Waals surface area contributed by atoms with Crippen LogP contribution < -0.4 is 0 Å². The molecule has 0 bridgehead atoms. The van der Waals surface area contributed by atoms with Crippen LogP contribution in [0.5, 0.6) is 0 Å². The molecule has 1 heterocycles. The first-order valence-corrected chi connectivity index (χ1v) is 5.78. The molecule has 1 aromatic heterocycles. The molecule has 4 nitrogen and oxygen atoms in total. The molecule has 0 aliphatic heterocycles. The van der Waals surface area contributed by atoms with E-state index < -0.39 is 0 Å². The largest absolute Gasteiger partial charge is 0.469 e. The fraction of sp³-hybridized carbons (Fsp3) is 0.500. The van der Waals surface area contributed by atoms with Gasteiger partial charge in [-0.05, 0) is 13.1 Å². The first-order valence-electron chi connectivity index (χ1n) is 5.40. The predicted octanol–water partition coefficient (Wildman–Crippen LogP) is 1.98. The number of carbonyl (C=O) groups excluding carboxylic acids is 1. The van der Waals surface area contributed by atoms with Gasteiger partial charge >= 0.3 is 5.97 Å². The van der Waals surface area contributed by atoms with Gasteiger partial charge in [-0.25, -0.2) is 4.98 Å². The van der Waals surface area contributed by atoms with Crippen molar-refractivity contribution in [3.05, 3.63) is 29.0 Å². The number of carbonyl (C=O) groups is 1. The van der Waals surface area contributed by atoms with Crippen molar-refractivity contribution in [1.82, 2.24) is 9.88 Å². The molecule has 94 valence electrons. The van der Waals surface area contributed by atoms with E-state index in [1.807, 2.05) is 31.0 Å². The Kier molecular flexibility index (Phi) is 5.38. The number of nitrogens with zero attached hydrogens (tertiary/aromatic N) is 2. The molecular weight excluding hydrogens is 240 g/mol. The Morgan fingerprint density at radius 2 is 2.35 bits per heavy atom. The van der Waals surface area contributed by atoms with Gasteiger partial charge in [0.1, 0.15) is 5.15 Å². The molecule has 0 saturated heterocycles. The number of aromatic nitrogens is 1. The molecule has 0 fully saturated rings. The molecule has 0 saturated carbocycles. The lowest BCUT2D eigenvalue weighted by atomic mass is 10.1. The maximum absolute atomic E-state index is 11.3. The van der Waals surface area contributed by atoms with Crippen LogP contribution >= 0.6 is 11.6 Å². The second-order valence-corrected chi connectivity index (χ2v) is 4.43. The van der Waals surface area contributed by atoms with Crippen LogP contribution in [0.25, 0.3) is 0 Å². The van der Waals surface area contributed by atoms with Crippen LogP contribution in [-0.2, 0) is 16.1 Å². The number of hydrogen-bond donors (Lipinski definition) is 0. The van der Waals surface area contributed by atoms with Gasteiger partial charge in [-0.15, -0.1) is 0 Å². The van der Waals surface area contributed by atoms with E-state index in [2.05, 4.69) is 9.72 Å². The van der Waals surface area contributed by atoms with Gasteiger partial charge in [0.25, 0.3) is 0 Å². The number of rotatable bonds is 5. The van der Waals surface area contributed by atoms with E-state index in [1.54, 1.807) is 6.20 Å². The highest BCUT2D eigenvalue weighted by atomic mass is 35.5. The Morgan fingerprint density at radius 3 is 2.94 bits per heavy atom. The summed E-state index contributed by atoms with van der Waals surface area (Å²) < 4.78 is 4.68. The van der Waals surface area contributed by atoms with Crippen molar-refractivity contribution in [2.24, 2.45) is 5.92 Å². The van der Waals surface area contributed by atoms with Gasteiger partial charge in [-0.3, -0.25) is 4.79 Å². The van der Waals surface area contributed by atoms with Crippen LogP contribution in [0.3, 0.4) is 0 Å². The number of esters is 1. The average Bonchev–Trinajstić information content (AvgIpc) is 2.31. The molecule has 0 radical (unpaired) electrons. The van der Waals surface area contributed by atoms with Crippen LogP contribution in [0, 0.1) is 5.92 Å². The summed E-state index contributed by atoms with van der Waals surface area (Å²) in [7, 11) is 3.33. The summed E-state index contributed by atoms with van der Waals surface area (Å²) in [6.45, 7) is 3.12. The molecule has 0 aliphatic rings. The molecular formula is C12H17ClN2O2. The van der Waals surface area contributed by atoms with Crippen molar-refractivity contribution in [3.8, 4) is 0 Å². The number of methoxy groups -OCH3 is 1. The maximum Gasteiger partial charge on any atom is 0.309 e. The third-order valence-electron chi connectivity index (χ3n) is 2.47. The summed E-state index contributed by atoms with van der Waals surface area (Å²) >= 11 is 5.97. The Morgan fingerprint density at radius 1 is 1.65 bits per heavy atom. The van der Waals surface area contributed by atoms with E-state index in [0.717, 1.165) is 5.56 Å². The quantitative estimate of drug-likeness (QED) is 0.597. The molecule has 0 spiro atoms.